The minimum atomic E-state index is -0.499. The van der Waals surface area contributed by atoms with Crippen molar-refractivity contribution >= 4 is 39.1 Å². The first-order valence-electron chi connectivity index (χ1n) is 13.2. The van der Waals surface area contributed by atoms with Crippen LogP contribution in [0, 0.1) is 5.82 Å². The Labute approximate surface area is 227 Å². The molecule has 3 heterocycles. The fraction of sp³-hybridized carbons (Fsp3) is 0.429. The summed E-state index contributed by atoms with van der Waals surface area (Å²) in [5, 5.41) is 11.9. The van der Waals surface area contributed by atoms with E-state index in [4.69, 9.17) is 4.74 Å². The number of rotatable bonds is 8. The lowest BCUT2D eigenvalue weighted by Crippen LogP contribution is -2.54. The van der Waals surface area contributed by atoms with E-state index >= 15 is 0 Å². The molecule has 0 saturated carbocycles. The Hall–Kier alpha value is -3.83. The van der Waals surface area contributed by atoms with Gasteiger partial charge in [-0.2, -0.15) is 10.1 Å². The van der Waals surface area contributed by atoms with Gasteiger partial charge in [0, 0.05) is 73.3 Å². The predicted octanol–water partition coefficient (Wildman–Crippen LogP) is 3.43. The van der Waals surface area contributed by atoms with Crippen LogP contribution >= 0.6 is 0 Å². The van der Waals surface area contributed by atoms with Crippen LogP contribution in [0.25, 0.3) is 21.8 Å². The average Bonchev–Trinajstić information content (AvgIpc) is 3.25. The number of aromatic nitrogens is 4. The van der Waals surface area contributed by atoms with Crippen molar-refractivity contribution < 1.29 is 13.9 Å². The number of aryl methyl sites for hydroxylation is 1. The van der Waals surface area contributed by atoms with Crippen molar-refractivity contribution in [1.82, 2.24) is 30.0 Å². The minimum absolute atomic E-state index is 0.220. The van der Waals surface area contributed by atoms with Crippen LogP contribution < -0.4 is 20.3 Å². The van der Waals surface area contributed by atoms with Crippen LogP contribution in [-0.4, -0.2) is 83.0 Å². The minimum Gasteiger partial charge on any atom is -0.463 e. The second-order valence-corrected chi connectivity index (χ2v) is 10.6. The molecule has 11 heteroatoms. The molecule has 5 rings (SSSR count). The molecule has 1 aliphatic heterocycles. The Morgan fingerprint density at radius 3 is 2.72 bits per heavy atom. The lowest BCUT2D eigenvalue weighted by atomic mass is 10.0. The first-order valence-corrected chi connectivity index (χ1v) is 13.2. The summed E-state index contributed by atoms with van der Waals surface area (Å²) < 4.78 is 22.0. The van der Waals surface area contributed by atoms with Crippen LogP contribution in [0.15, 0.2) is 36.7 Å². The van der Waals surface area contributed by atoms with E-state index in [2.05, 4.69) is 49.3 Å². The number of hydrogen-bond donors (Lipinski definition) is 2. The fourth-order valence-corrected chi connectivity index (χ4v) is 5.17. The van der Waals surface area contributed by atoms with Gasteiger partial charge in [-0.1, -0.05) is 0 Å². The average molecular weight is 535 g/mol. The van der Waals surface area contributed by atoms with Gasteiger partial charge in [0.15, 0.2) is 5.82 Å². The first kappa shape index (κ1) is 26.8. The van der Waals surface area contributed by atoms with Crippen LogP contribution in [-0.2, 0) is 7.05 Å². The number of benzene rings is 2. The molecule has 0 spiro atoms. The lowest BCUT2D eigenvalue weighted by Gasteiger charge is -2.38. The molecule has 1 aliphatic rings. The highest BCUT2D eigenvalue weighted by molar-refractivity contribution is 6.14. The third-order valence-corrected chi connectivity index (χ3v) is 6.76. The number of nitrogens with zero attached hydrogens (tertiary/aromatic N) is 6. The highest BCUT2D eigenvalue weighted by Gasteiger charge is 2.25. The number of anilines is 2. The fourth-order valence-electron chi connectivity index (χ4n) is 5.17. The number of ether oxygens (including phenoxy) is 1. The second-order valence-electron chi connectivity index (χ2n) is 10.6. The third-order valence-electron chi connectivity index (χ3n) is 6.76. The van der Waals surface area contributed by atoms with Gasteiger partial charge < -0.3 is 25.2 Å². The van der Waals surface area contributed by atoms with E-state index in [-0.39, 0.29) is 11.5 Å². The van der Waals surface area contributed by atoms with Crippen LogP contribution in [0.5, 0.6) is 6.01 Å². The molecule has 1 fully saturated rings. The first-order chi connectivity index (χ1) is 18.7. The Kier molecular flexibility index (Phi) is 7.62. The van der Waals surface area contributed by atoms with E-state index in [0.717, 1.165) is 37.1 Å². The topological polar surface area (TPSA) is 100 Å². The zero-order valence-electron chi connectivity index (χ0n) is 23.0. The van der Waals surface area contributed by atoms with Crippen molar-refractivity contribution in [2.45, 2.75) is 32.4 Å². The molecule has 2 aromatic heterocycles. The van der Waals surface area contributed by atoms with Crippen molar-refractivity contribution in [3.05, 3.63) is 48.0 Å². The summed E-state index contributed by atoms with van der Waals surface area (Å²) in [5.41, 5.74) is 2.41. The van der Waals surface area contributed by atoms with Gasteiger partial charge >= 0.3 is 6.01 Å². The molecule has 0 aliphatic carbocycles. The van der Waals surface area contributed by atoms with Gasteiger partial charge in [-0.05, 0) is 58.6 Å². The Morgan fingerprint density at radius 2 is 1.97 bits per heavy atom. The van der Waals surface area contributed by atoms with Gasteiger partial charge in [-0.15, -0.1) is 0 Å². The molecule has 39 heavy (non-hydrogen) atoms. The summed E-state index contributed by atoms with van der Waals surface area (Å²) in [7, 11) is 5.74. The van der Waals surface area contributed by atoms with E-state index in [0.29, 0.717) is 40.8 Å². The van der Waals surface area contributed by atoms with Crippen LogP contribution in [0.2, 0.25) is 0 Å². The van der Waals surface area contributed by atoms with Gasteiger partial charge in [-0.3, -0.25) is 9.48 Å². The summed E-state index contributed by atoms with van der Waals surface area (Å²) >= 11 is 0. The van der Waals surface area contributed by atoms with Crippen molar-refractivity contribution in [2.24, 2.45) is 7.05 Å². The van der Waals surface area contributed by atoms with Gasteiger partial charge in [0.2, 0.25) is 0 Å². The van der Waals surface area contributed by atoms with Crippen molar-refractivity contribution in [3.63, 3.8) is 0 Å². The molecule has 1 saturated heterocycles. The number of halogens is 1. The smallest absolute Gasteiger partial charge is 0.316 e. The van der Waals surface area contributed by atoms with Gasteiger partial charge in [0.1, 0.15) is 5.52 Å². The van der Waals surface area contributed by atoms with E-state index in [9.17, 15) is 9.18 Å². The number of amides is 1. The molecule has 2 N–H and O–H groups in total. The molecule has 4 aromatic rings. The van der Waals surface area contributed by atoms with Crippen molar-refractivity contribution in [1.29, 1.82) is 0 Å². The molecule has 2 atom stereocenters. The maximum absolute atomic E-state index is 14.7. The monoisotopic (exact) mass is 534 g/mol. The lowest BCUT2D eigenvalue weighted by molar-refractivity contribution is 0.102. The molecule has 0 unspecified atom stereocenters. The maximum atomic E-state index is 14.7. The van der Waals surface area contributed by atoms with Crippen molar-refractivity contribution in [2.75, 3.05) is 50.6 Å². The normalized spacial score (nSPS) is 17.8. The van der Waals surface area contributed by atoms with E-state index < -0.39 is 11.7 Å². The molecular formula is C28H35FN8O2. The van der Waals surface area contributed by atoms with E-state index in [1.807, 2.05) is 20.2 Å². The van der Waals surface area contributed by atoms with Gasteiger partial charge in [0.05, 0.1) is 17.7 Å². The SMILES string of the molecule is C[C@@H]1CN(c2ccc(C(=O)Nc3cc(F)c4nn(C)cc4c3)c3nc(OCCCN(C)C)ncc23)C[C@@H](C)N1. The Bertz CT molecular complexity index is 1490. The van der Waals surface area contributed by atoms with Crippen LogP contribution in [0.3, 0.4) is 0 Å². The summed E-state index contributed by atoms with van der Waals surface area (Å²) in [6, 6.07) is 7.53. The summed E-state index contributed by atoms with van der Waals surface area (Å²) in [4.78, 5) is 27.1. The zero-order chi connectivity index (χ0) is 27.7. The number of nitrogens with one attached hydrogen (secondary N) is 2. The number of carbonyl (C=O) groups excluding carboxylic acids is 1. The largest absolute Gasteiger partial charge is 0.463 e. The summed E-state index contributed by atoms with van der Waals surface area (Å²) in [6.07, 6.45) is 4.26. The molecule has 1 amide bonds. The Balaban J connectivity index is 1.49. The number of hydrogen-bond acceptors (Lipinski definition) is 8. The van der Waals surface area contributed by atoms with Gasteiger partial charge in [0.25, 0.3) is 5.91 Å². The summed E-state index contributed by atoms with van der Waals surface area (Å²) in [5.74, 6) is -0.894. The predicted molar refractivity (Wildman–Crippen MR) is 151 cm³/mol. The highest BCUT2D eigenvalue weighted by Crippen LogP contribution is 2.31. The molecule has 2 aromatic carbocycles. The Morgan fingerprint density at radius 1 is 1.21 bits per heavy atom. The molecule has 0 radical (unpaired) electrons. The van der Waals surface area contributed by atoms with Crippen LogP contribution in [0.4, 0.5) is 15.8 Å². The van der Waals surface area contributed by atoms with Crippen LogP contribution in [0.1, 0.15) is 30.6 Å². The molecule has 206 valence electrons. The number of fused-ring (bicyclic) bond motifs is 2. The quantitative estimate of drug-likeness (QED) is 0.332. The second kappa shape index (κ2) is 11.1. The highest BCUT2D eigenvalue weighted by atomic mass is 19.1. The van der Waals surface area contributed by atoms with E-state index in [1.165, 1.54) is 6.07 Å². The summed E-state index contributed by atoms with van der Waals surface area (Å²) in [6.45, 7) is 7.28. The molecular weight excluding hydrogens is 499 g/mol. The number of carbonyl (C=O) groups is 1. The van der Waals surface area contributed by atoms with E-state index in [1.54, 1.807) is 36.3 Å². The van der Waals surface area contributed by atoms with Gasteiger partial charge in [-0.25, -0.2) is 9.37 Å². The third kappa shape index (κ3) is 5.94. The standard InChI is InChI=1S/C28H35FN8O2/c1-17-14-37(15-18(2)31-17)24-8-7-21(26-22(24)13-30-28(33-26)39-10-6-9-35(3)4)27(38)32-20-11-19-16-36(5)34-25(19)23(29)12-20/h7-8,11-13,16-18,31H,6,9-10,14-15H2,1-5H3,(H,32,38)/t17-,18-/m1/s1. The van der Waals surface area contributed by atoms with Crippen molar-refractivity contribution in [3.8, 4) is 6.01 Å². The molecule has 10 nitrogen and oxygen atoms in total. The number of piperazine rings is 1. The maximum Gasteiger partial charge on any atom is 0.316 e. The zero-order valence-corrected chi connectivity index (χ0v) is 23.0. The molecule has 0 bridgehead atoms.